The lowest BCUT2D eigenvalue weighted by molar-refractivity contribution is -0.161. The first-order chi connectivity index (χ1) is 18.6. The molecule has 3 heterocycles. The first-order valence-electron chi connectivity index (χ1n) is 12.0. The van der Waals surface area contributed by atoms with Crippen molar-refractivity contribution in [3.05, 3.63) is 67.4 Å². The summed E-state index contributed by atoms with van der Waals surface area (Å²) in [5.74, 6) is -1.71. The predicted octanol–water partition coefficient (Wildman–Crippen LogP) is 0.745. The second kappa shape index (κ2) is 10.4. The minimum absolute atomic E-state index is 0.0561. The van der Waals surface area contributed by atoms with Gasteiger partial charge in [0.25, 0.3) is 5.91 Å². The summed E-state index contributed by atoms with van der Waals surface area (Å²) in [7, 11) is -1.58. The Morgan fingerprint density at radius 1 is 1.12 bits per heavy atom. The topological polar surface area (TPSA) is 175 Å². The zero-order valence-electron chi connectivity index (χ0n) is 22.6. The largest absolute Gasteiger partial charge is 0.438 e. The third-order valence-electron chi connectivity index (χ3n) is 6.47. The number of amides is 1. The van der Waals surface area contributed by atoms with E-state index >= 15 is 0 Å². The number of methoxy groups -OCH3 is 1. The van der Waals surface area contributed by atoms with Crippen LogP contribution in [0.5, 0.6) is 0 Å². The van der Waals surface area contributed by atoms with Gasteiger partial charge in [0.05, 0.1) is 11.3 Å². The number of H-pyrrole nitrogens is 1. The molecule has 3 atom stereocenters. The molecule has 1 amide bonds. The molecular formula is C25H28N4O9S2. The fraction of sp³-hybridized carbons (Fsp3) is 0.440. The van der Waals surface area contributed by atoms with Crippen LogP contribution in [0.4, 0.5) is 0 Å². The lowest BCUT2D eigenvalue weighted by atomic mass is 9.85. The summed E-state index contributed by atoms with van der Waals surface area (Å²) in [5, 5.41) is 1.15. The highest BCUT2D eigenvalue weighted by molar-refractivity contribution is 7.98. The number of ether oxygens (including phenoxy) is 2. The molecule has 15 heteroatoms. The standard InChI is InChI=1S/C25H28N4O9S2/c1-12-15(17(30)25(2,3)4)29-20(33)16(37-6)21(29)40(35,36)23(12)38-22(34)14-9-7-13(8-10-14)11-39-24-26-18(31)19(32)27-28(24)5/h7-10,16,21,23H,11H2,1-6H3,(H,27,32)/t16-,21?,23-/m0/s1. The first-order valence-corrected chi connectivity index (χ1v) is 14.6. The molecule has 2 aliphatic rings. The number of carbonyl (C=O) groups excluding carboxylic acids is 3. The van der Waals surface area contributed by atoms with E-state index in [1.807, 2.05) is 0 Å². The van der Waals surface area contributed by atoms with Gasteiger partial charge in [-0.15, -0.1) is 0 Å². The van der Waals surface area contributed by atoms with E-state index in [2.05, 4.69) is 10.1 Å². The Bertz CT molecular complexity index is 1650. The number of allylic oxidation sites excluding steroid dienone is 1. The minimum atomic E-state index is -4.32. The number of hydrogen-bond donors (Lipinski definition) is 1. The van der Waals surface area contributed by atoms with Crippen LogP contribution in [0.1, 0.15) is 43.6 Å². The average Bonchev–Trinajstić information content (AvgIpc) is 2.88. The normalized spacial score (nSPS) is 22.0. The highest BCUT2D eigenvalue weighted by Gasteiger charge is 2.64. The van der Waals surface area contributed by atoms with Crippen LogP contribution >= 0.6 is 11.8 Å². The van der Waals surface area contributed by atoms with Crippen LogP contribution in [0.15, 0.2) is 50.3 Å². The van der Waals surface area contributed by atoms with E-state index in [1.54, 1.807) is 40.0 Å². The maximum Gasteiger partial charge on any atom is 0.339 e. The van der Waals surface area contributed by atoms with Crippen LogP contribution in [0.3, 0.4) is 0 Å². The van der Waals surface area contributed by atoms with E-state index < -0.39 is 60.9 Å². The fourth-order valence-corrected chi connectivity index (χ4v) is 7.35. The Morgan fingerprint density at radius 3 is 2.33 bits per heavy atom. The molecule has 4 rings (SSSR count). The van der Waals surface area contributed by atoms with Crippen molar-refractivity contribution in [3.63, 3.8) is 0 Å². The third-order valence-corrected chi connectivity index (χ3v) is 9.75. The number of benzene rings is 1. The van der Waals surface area contributed by atoms with Crippen molar-refractivity contribution in [2.75, 3.05) is 7.11 Å². The van der Waals surface area contributed by atoms with Gasteiger partial charge in [0.1, 0.15) is 0 Å². The lowest BCUT2D eigenvalue weighted by Gasteiger charge is -2.50. The van der Waals surface area contributed by atoms with E-state index in [0.29, 0.717) is 5.75 Å². The molecule has 0 spiro atoms. The van der Waals surface area contributed by atoms with Gasteiger partial charge in [0.15, 0.2) is 22.4 Å². The molecule has 1 fully saturated rings. The summed E-state index contributed by atoms with van der Waals surface area (Å²) in [6.07, 6.45) is -1.32. The van der Waals surface area contributed by atoms with Crippen molar-refractivity contribution in [1.29, 1.82) is 0 Å². The number of sulfone groups is 1. The van der Waals surface area contributed by atoms with Crippen molar-refractivity contribution < 1.29 is 32.3 Å². The second-order valence-electron chi connectivity index (χ2n) is 10.4. The number of β-lactam (4-membered cyclic amide) rings is 1. The minimum Gasteiger partial charge on any atom is -0.438 e. The van der Waals surface area contributed by atoms with Crippen LogP contribution in [0.2, 0.25) is 0 Å². The summed E-state index contributed by atoms with van der Waals surface area (Å²) >= 11 is 1.18. The fourth-order valence-electron chi connectivity index (χ4n) is 4.33. The molecule has 0 bridgehead atoms. The van der Waals surface area contributed by atoms with Crippen molar-refractivity contribution in [2.45, 2.75) is 55.5 Å². The van der Waals surface area contributed by atoms with Crippen molar-refractivity contribution in [1.82, 2.24) is 19.7 Å². The summed E-state index contributed by atoms with van der Waals surface area (Å²) in [4.78, 5) is 66.5. The smallest absolute Gasteiger partial charge is 0.339 e. The Labute approximate surface area is 233 Å². The number of esters is 1. The van der Waals surface area contributed by atoms with Gasteiger partial charge in [-0.3, -0.25) is 33.9 Å². The monoisotopic (exact) mass is 592 g/mol. The van der Waals surface area contributed by atoms with E-state index in [4.69, 9.17) is 9.47 Å². The quantitative estimate of drug-likeness (QED) is 0.208. The van der Waals surface area contributed by atoms with Gasteiger partial charge in [0, 0.05) is 30.9 Å². The van der Waals surface area contributed by atoms with E-state index in [0.717, 1.165) is 10.5 Å². The molecule has 0 aliphatic carbocycles. The second-order valence-corrected chi connectivity index (χ2v) is 13.4. The van der Waals surface area contributed by atoms with Gasteiger partial charge in [-0.2, -0.15) is 4.98 Å². The van der Waals surface area contributed by atoms with Crippen LogP contribution < -0.4 is 11.1 Å². The van der Waals surface area contributed by atoms with Gasteiger partial charge in [-0.05, 0) is 24.6 Å². The number of thioether (sulfide) groups is 1. The molecule has 1 aromatic heterocycles. The Balaban J connectivity index is 1.58. The van der Waals surface area contributed by atoms with E-state index in [1.165, 1.54) is 42.6 Å². The van der Waals surface area contributed by atoms with Crippen LogP contribution in [-0.2, 0) is 41.7 Å². The Kier molecular flexibility index (Phi) is 7.68. The van der Waals surface area contributed by atoms with Crippen LogP contribution in [0.25, 0.3) is 0 Å². The number of aryl methyl sites for hydroxylation is 1. The molecule has 2 aromatic rings. The van der Waals surface area contributed by atoms with Crippen molar-refractivity contribution in [3.8, 4) is 0 Å². The molecule has 0 saturated carbocycles. The number of nitrogens with zero attached hydrogens (tertiary/aromatic N) is 3. The highest BCUT2D eigenvalue weighted by atomic mass is 32.2. The SMILES string of the molecule is CO[C@H]1C(=O)N2C(C(=O)C(C)(C)C)=C(C)[C@@H](OC(=O)c3ccc(CSc4nc(=O)c(=O)[nH]n4C)cc3)S(=O)(=O)C12. The van der Waals surface area contributed by atoms with Crippen LogP contribution in [-0.4, -0.2) is 69.8 Å². The molecule has 2 aliphatic heterocycles. The number of Topliss-reactive ketones (excluding diaryl/α,β-unsaturated/α-hetero) is 1. The number of nitrogens with one attached hydrogen (secondary N) is 1. The third kappa shape index (κ3) is 5.04. The number of carbonyl (C=O) groups is 3. The van der Waals surface area contributed by atoms with E-state index in [9.17, 15) is 32.4 Å². The number of aromatic amines is 1. The zero-order valence-corrected chi connectivity index (χ0v) is 24.2. The predicted molar refractivity (Wildman–Crippen MR) is 143 cm³/mol. The molecular weight excluding hydrogens is 564 g/mol. The molecule has 1 unspecified atom stereocenters. The Hall–Kier alpha value is -3.56. The van der Waals surface area contributed by atoms with Crippen LogP contribution in [0, 0.1) is 5.41 Å². The lowest BCUT2D eigenvalue weighted by Crippen LogP contribution is -2.72. The molecule has 214 valence electrons. The number of rotatable bonds is 7. The van der Waals surface area contributed by atoms with E-state index in [-0.39, 0.29) is 22.0 Å². The summed E-state index contributed by atoms with van der Waals surface area (Å²) in [6.45, 7) is 6.27. The summed E-state index contributed by atoms with van der Waals surface area (Å²) in [5.41, 5.74) is -3.83. The number of hydrogen-bond acceptors (Lipinski definition) is 11. The first kappa shape index (κ1) is 29.4. The Morgan fingerprint density at radius 2 is 1.75 bits per heavy atom. The molecule has 1 saturated heterocycles. The number of ketones is 1. The molecule has 40 heavy (non-hydrogen) atoms. The highest BCUT2D eigenvalue weighted by Crippen LogP contribution is 2.43. The number of fused-ring (bicyclic) bond motifs is 1. The maximum absolute atomic E-state index is 13.5. The summed E-state index contributed by atoms with van der Waals surface area (Å²) in [6, 6.07) is 6.13. The average molecular weight is 593 g/mol. The number of aromatic nitrogens is 3. The van der Waals surface area contributed by atoms with Gasteiger partial charge >= 0.3 is 17.1 Å². The molecule has 1 aromatic carbocycles. The van der Waals surface area contributed by atoms with Crippen molar-refractivity contribution in [2.24, 2.45) is 12.5 Å². The molecule has 13 nitrogen and oxygen atoms in total. The van der Waals surface area contributed by atoms with Gasteiger partial charge in [-0.25, -0.2) is 13.2 Å². The molecule has 0 radical (unpaired) electrons. The molecule has 1 N–H and O–H groups in total. The summed E-state index contributed by atoms with van der Waals surface area (Å²) < 4.78 is 38.8. The van der Waals surface area contributed by atoms with Crippen molar-refractivity contribution >= 4 is 39.3 Å². The maximum atomic E-state index is 13.5. The zero-order chi connectivity index (χ0) is 29.7. The van der Waals surface area contributed by atoms with Gasteiger partial charge < -0.3 is 9.47 Å². The van der Waals surface area contributed by atoms with Gasteiger partial charge in [-0.1, -0.05) is 44.7 Å². The van der Waals surface area contributed by atoms with Gasteiger partial charge in [0.2, 0.25) is 15.3 Å².